The molecule has 136 valence electrons. The Morgan fingerprint density at radius 2 is 1.69 bits per heavy atom. The lowest BCUT2D eigenvalue weighted by Crippen LogP contribution is -2.13. The number of aromatic nitrogens is 1. The van der Waals surface area contributed by atoms with Gasteiger partial charge in [-0.25, -0.2) is 21.6 Å². The number of aryl methyl sites for hydroxylation is 1. The van der Waals surface area contributed by atoms with E-state index in [1.165, 1.54) is 17.5 Å². The summed E-state index contributed by atoms with van der Waals surface area (Å²) in [5.41, 5.74) is 0.226. The van der Waals surface area contributed by atoms with Gasteiger partial charge in [-0.05, 0) is 36.8 Å². The van der Waals surface area contributed by atoms with Crippen LogP contribution in [0.1, 0.15) is 5.56 Å². The number of sulfone groups is 1. The normalized spacial score (nSPS) is 11.7. The molecule has 3 rings (SSSR count). The number of nitrogens with zero attached hydrogens (tertiary/aromatic N) is 1. The maximum absolute atomic E-state index is 14.5. The van der Waals surface area contributed by atoms with Crippen molar-refractivity contribution in [1.82, 2.24) is 4.57 Å². The van der Waals surface area contributed by atoms with Crippen LogP contribution in [0.4, 0.5) is 13.2 Å². The fraction of sp³-hybridized carbons (Fsp3) is 0.118. The zero-order valence-electron chi connectivity index (χ0n) is 13.6. The van der Waals surface area contributed by atoms with Crippen molar-refractivity contribution in [3.63, 3.8) is 0 Å². The molecule has 0 fully saturated rings. The number of rotatable bonds is 3. The summed E-state index contributed by atoms with van der Waals surface area (Å²) >= 11 is 0.733. The van der Waals surface area contributed by atoms with Gasteiger partial charge in [-0.1, -0.05) is 17.4 Å². The van der Waals surface area contributed by atoms with Crippen LogP contribution in [-0.2, 0) is 9.84 Å². The second kappa shape index (κ2) is 6.40. The number of halogens is 3. The van der Waals surface area contributed by atoms with Crippen LogP contribution in [0.3, 0.4) is 0 Å². The van der Waals surface area contributed by atoms with Crippen LogP contribution in [0.2, 0.25) is 0 Å². The van der Waals surface area contributed by atoms with Crippen LogP contribution >= 0.6 is 11.3 Å². The van der Waals surface area contributed by atoms with Gasteiger partial charge in [-0.3, -0.25) is 9.36 Å². The van der Waals surface area contributed by atoms with E-state index < -0.39 is 37.1 Å². The third kappa shape index (κ3) is 3.19. The van der Waals surface area contributed by atoms with Crippen LogP contribution in [-0.4, -0.2) is 19.2 Å². The smallest absolute Gasteiger partial charge is 0.267 e. The summed E-state index contributed by atoms with van der Waals surface area (Å²) in [6.07, 6.45) is 0.764. The van der Waals surface area contributed by atoms with Crippen LogP contribution in [0, 0.1) is 24.4 Å². The van der Waals surface area contributed by atoms with E-state index in [0.29, 0.717) is 17.7 Å². The zero-order chi connectivity index (χ0) is 19.2. The highest BCUT2D eigenvalue weighted by molar-refractivity contribution is 7.90. The fourth-order valence-electron chi connectivity index (χ4n) is 2.47. The minimum atomic E-state index is -3.95. The molecule has 0 aliphatic rings. The first-order valence-corrected chi connectivity index (χ1v) is 10.0. The van der Waals surface area contributed by atoms with E-state index in [1.54, 1.807) is 6.92 Å². The van der Waals surface area contributed by atoms with Gasteiger partial charge < -0.3 is 0 Å². The lowest BCUT2D eigenvalue weighted by atomic mass is 10.1. The molecule has 0 bridgehead atoms. The molecule has 0 aliphatic carbocycles. The van der Waals surface area contributed by atoms with E-state index in [1.807, 2.05) is 0 Å². The molecule has 1 heterocycles. The number of thiazole rings is 1. The molecule has 4 nitrogen and oxygen atoms in total. The summed E-state index contributed by atoms with van der Waals surface area (Å²) in [5.74, 6) is -2.69. The Labute approximate surface area is 151 Å². The van der Waals surface area contributed by atoms with E-state index in [-0.39, 0.29) is 16.9 Å². The highest BCUT2D eigenvalue weighted by Crippen LogP contribution is 2.30. The first-order valence-electron chi connectivity index (χ1n) is 7.26. The molecule has 1 aromatic heterocycles. The van der Waals surface area contributed by atoms with E-state index in [4.69, 9.17) is 0 Å². The molecule has 0 radical (unpaired) electrons. The van der Waals surface area contributed by atoms with Gasteiger partial charge in [0.15, 0.2) is 9.84 Å². The molecule has 0 unspecified atom stereocenters. The Kier molecular flexibility index (Phi) is 4.53. The van der Waals surface area contributed by atoms with E-state index >= 15 is 0 Å². The van der Waals surface area contributed by atoms with Gasteiger partial charge in [0.05, 0.1) is 11.4 Å². The van der Waals surface area contributed by atoms with Crippen molar-refractivity contribution in [3.05, 3.63) is 68.4 Å². The van der Waals surface area contributed by atoms with Gasteiger partial charge in [0.1, 0.15) is 22.3 Å². The van der Waals surface area contributed by atoms with Gasteiger partial charge >= 0.3 is 4.87 Å². The SMILES string of the molecule is Cc1ccc(-n2c(-c3cc(F)c(S(C)(=O)=O)cc3F)csc2=O)cc1F. The van der Waals surface area contributed by atoms with E-state index in [9.17, 15) is 26.4 Å². The first kappa shape index (κ1) is 18.4. The van der Waals surface area contributed by atoms with Crippen molar-refractivity contribution in [1.29, 1.82) is 0 Å². The van der Waals surface area contributed by atoms with E-state index in [2.05, 4.69) is 0 Å². The molecule has 0 atom stereocenters. The molecule has 0 saturated heterocycles. The first-order chi connectivity index (χ1) is 12.1. The monoisotopic (exact) mass is 399 g/mol. The quantitative estimate of drug-likeness (QED) is 0.675. The van der Waals surface area contributed by atoms with Crippen LogP contribution < -0.4 is 4.87 Å². The topological polar surface area (TPSA) is 56.1 Å². The predicted octanol–water partition coefficient (Wildman–Crippen LogP) is 3.70. The maximum atomic E-state index is 14.5. The van der Waals surface area contributed by atoms with Crippen LogP contribution in [0.5, 0.6) is 0 Å². The van der Waals surface area contributed by atoms with Crippen LogP contribution in [0.15, 0.2) is 45.4 Å². The minimum absolute atomic E-state index is 0.000274. The molecule has 26 heavy (non-hydrogen) atoms. The summed E-state index contributed by atoms with van der Waals surface area (Å²) in [6.45, 7) is 1.55. The summed E-state index contributed by atoms with van der Waals surface area (Å²) in [7, 11) is -3.95. The molecule has 0 N–H and O–H groups in total. The van der Waals surface area contributed by atoms with Crippen molar-refractivity contribution in [2.24, 2.45) is 0 Å². The van der Waals surface area contributed by atoms with Gasteiger partial charge in [0.2, 0.25) is 0 Å². The Hall–Kier alpha value is -2.39. The van der Waals surface area contributed by atoms with Gasteiger partial charge in [0, 0.05) is 17.2 Å². The van der Waals surface area contributed by atoms with Gasteiger partial charge in [-0.2, -0.15) is 0 Å². The van der Waals surface area contributed by atoms with Crippen LogP contribution in [0.25, 0.3) is 16.9 Å². The predicted molar refractivity (Wildman–Crippen MR) is 93.1 cm³/mol. The van der Waals surface area contributed by atoms with E-state index in [0.717, 1.165) is 28.2 Å². The second-order valence-electron chi connectivity index (χ2n) is 5.69. The maximum Gasteiger partial charge on any atom is 0.312 e. The summed E-state index contributed by atoms with van der Waals surface area (Å²) < 4.78 is 66.6. The van der Waals surface area contributed by atoms with Crippen molar-refractivity contribution >= 4 is 21.2 Å². The molecule has 0 saturated carbocycles. The Morgan fingerprint density at radius 3 is 2.31 bits per heavy atom. The molecule has 9 heteroatoms. The van der Waals surface area contributed by atoms with Crippen molar-refractivity contribution in [2.75, 3.05) is 6.26 Å². The Balaban J connectivity index is 2.26. The average molecular weight is 399 g/mol. The van der Waals surface area contributed by atoms with Crippen molar-refractivity contribution in [2.45, 2.75) is 11.8 Å². The average Bonchev–Trinajstić information content (AvgIpc) is 2.92. The third-order valence-corrected chi connectivity index (χ3v) is 5.64. The van der Waals surface area contributed by atoms with Crippen molar-refractivity contribution < 1.29 is 21.6 Å². The second-order valence-corrected chi connectivity index (χ2v) is 8.50. The number of hydrogen-bond donors (Lipinski definition) is 0. The molecule has 0 spiro atoms. The molecule has 2 aromatic carbocycles. The lowest BCUT2D eigenvalue weighted by molar-refractivity contribution is 0.557. The third-order valence-electron chi connectivity index (χ3n) is 3.81. The molecule has 0 amide bonds. The van der Waals surface area contributed by atoms with Gasteiger partial charge in [-0.15, -0.1) is 0 Å². The largest absolute Gasteiger partial charge is 0.312 e. The highest BCUT2D eigenvalue weighted by atomic mass is 32.2. The number of benzene rings is 2. The van der Waals surface area contributed by atoms with Gasteiger partial charge in [0.25, 0.3) is 0 Å². The number of hydrogen-bond acceptors (Lipinski definition) is 4. The van der Waals surface area contributed by atoms with Crippen molar-refractivity contribution in [3.8, 4) is 16.9 Å². The zero-order valence-corrected chi connectivity index (χ0v) is 15.2. The Morgan fingerprint density at radius 1 is 1.00 bits per heavy atom. The highest BCUT2D eigenvalue weighted by Gasteiger charge is 2.21. The summed E-state index contributed by atoms with van der Waals surface area (Å²) in [5, 5.41) is 1.30. The minimum Gasteiger partial charge on any atom is -0.267 e. The Bertz CT molecular complexity index is 1180. The summed E-state index contributed by atoms with van der Waals surface area (Å²) in [6, 6.07) is 5.35. The molecule has 0 aliphatic heterocycles. The molecular weight excluding hydrogens is 387 g/mol. The standard InChI is InChI=1S/C17H12F3NO3S2/c1-9-3-4-10(5-12(9)18)21-15(8-25-17(21)22)11-6-14(20)16(7-13(11)19)26(2,23)24/h3-8H,1-2H3. The fourth-order valence-corrected chi connectivity index (χ4v) is 3.95. The molecule has 3 aromatic rings. The molecular formula is C17H12F3NO3S2. The lowest BCUT2D eigenvalue weighted by Gasteiger charge is -2.11. The summed E-state index contributed by atoms with van der Waals surface area (Å²) in [4.78, 5) is 10.9.